The Labute approximate surface area is 122 Å². The van der Waals surface area contributed by atoms with Crippen LogP contribution in [0.5, 0.6) is 0 Å². The van der Waals surface area contributed by atoms with Gasteiger partial charge in [0, 0.05) is 22.6 Å². The maximum Gasteiger partial charge on any atom is 0.122 e. The lowest BCUT2D eigenvalue weighted by molar-refractivity contribution is 0.342. The van der Waals surface area contributed by atoms with Crippen molar-refractivity contribution < 1.29 is 0 Å². The molecule has 0 aromatic heterocycles. The molecule has 0 bridgehead atoms. The molecule has 0 radical (unpaired) electrons. The van der Waals surface area contributed by atoms with Crippen LogP contribution in [0.4, 0.5) is 5.69 Å². The third-order valence-corrected chi connectivity index (χ3v) is 5.21. The molecule has 2 unspecified atom stereocenters. The number of nitrogens with two attached hydrogens (primary N) is 1. The molecular formula is C15H20BrN3. The molecule has 4 heteroatoms. The summed E-state index contributed by atoms with van der Waals surface area (Å²) >= 11 is 3.65. The molecule has 2 aliphatic rings. The van der Waals surface area contributed by atoms with Gasteiger partial charge < -0.3 is 10.6 Å². The maximum absolute atomic E-state index is 7.50. The molecule has 3 N–H and O–H groups in total. The molecule has 0 amide bonds. The van der Waals surface area contributed by atoms with Crippen molar-refractivity contribution in [3.63, 3.8) is 0 Å². The minimum Gasteiger partial charge on any atom is -0.384 e. The summed E-state index contributed by atoms with van der Waals surface area (Å²) in [7, 11) is 0. The third kappa shape index (κ3) is 2.38. The second-order valence-electron chi connectivity index (χ2n) is 5.67. The Morgan fingerprint density at radius 3 is 2.79 bits per heavy atom. The van der Waals surface area contributed by atoms with E-state index in [0.717, 1.165) is 22.5 Å². The van der Waals surface area contributed by atoms with Crippen molar-refractivity contribution in [1.82, 2.24) is 0 Å². The molecule has 2 fully saturated rings. The van der Waals surface area contributed by atoms with E-state index in [1.165, 1.54) is 37.8 Å². The van der Waals surface area contributed by atoms with Crippen molar-refractivity contribution in [2.45, 2.75) is 38.1 Å². The monoisotopic (exact) mass is 321 g/mol. The van der Waals surface area contributed by atoms with Gasteiger partial charge in [-0.2, -0.15) is 0 Å². The Morgan fingerprint density at radius 2 is 2.05 bits per heavy atom. The van der Waals surface area contributed by atoms with Gasteiger partial charge >= 0.3 is 0 Å². The zero-order valence-electron chi connectivity index (χ0n) is 11.0. The molecule has 3 nitrogen and oxygen atoms in total. The zero-order chi connectivity index (χ0) is 13.4. The molecule has 3 rings (SSSR count). The number of amidine groups is 1. The number of hydrogen-bond acceptors (Lipinski definition) is 2. The second-order valence-corrected chi connectivity index (χ2v) is 6.53. The Kier molecular flexibility index (Phi) is 3.52. The average molecular weight is 322 g/mol. The van der Waals surface area contributed by atoms with E-state index in [-0.39, 0.29) is 5.84 Å². The van der Waals surface area contributed by atoms with E-state index in [2.05, 4.69) is 26.9 Å². The molecule has 102 valence electrons. The van der Waals surface area contributed by atoms with Crippen LogP contribution in [0.15, 0.2) is 22.7 Å². The first-order valence-corrected chi connectivity index (χ1v) is 7.86. The number of fused-ring (bicyclic) bond motifs is 1. The van der Waals surface area contributed by atoms with E-state index in [1.54, 1.807) is 0 Å². The van der Waals surface area contributed by atoms with Crippen LogP contribution in [0.25, 0.3) is 0 Å². The fraction of sp³-hybridized carbons (Fsp3) is 0.533. The maximum atomic E-state index is 7.50. The predicted octanol–water partition coefficient (Wildman–Crippen LogP) is 3.50. The first-order chi connectivity index (χ1) is 9.16. The van der Waals surface area contributed by atoms with Crippen molar-refractivity contribution in [3.8, 4) is 0 Å². The van der Waals surface area contributed by atoms with E-state index < -0.39 is 0 Å². The Balaban J connectivity index is 1.88. The number of rotatable bonds is 2. The number of anilines is 1. The quantitative estimate of drug-likeness (QED) is 0.647. The van der Waals surface area contributed by atoms with Crippen LogP contribution in [0.2, 0.25) is 0 Å². The van der Waals surface area contributed by atoms with Crippen LogP contribution in [-0.2, 0) is 0 Å². The van der Waals surface area contributed by atoms with Gasteiger partial charge in [0.2, 0.25) is 0 Å². The number of nitrogens with zero attached hydrogens (tertiary/aromatic N) is 1. The number of nitrogen functional groups attached to an aromatic ring is 1. The molecule has 1 saturated heterocycles. The highest BCUT2D eigenvalue weighted by Gasteiger charge is 2.36. The molecular weight excluding hydrogens is 302 g/mol. The molecule has 1 saturated carbocycles. The molecule has 1 aliphatic carbocycles. The number of benzene rings is 1. The summed E-state index contributed by atoms with van der Waals surface area (Å²) in [6, 6.07) is 6.75. The molecule has 1 heterocycles. The standard InChI is InChI=1S/C15H20BrN3/c16-12-9-11(15(17)18)5-6-14(12)19-8-7-10-3-1-2-4-13(10)19/h5-6,9-10,13H,1-4,7-8H2,(H3,17,18). The fourth-order valence-electron chi connectivity index (χ4n) is 3.61. The Hall–Kier alpha value is -1.03. The average Bonchev–Trinajstić information content (AvgIpc) is 2.82. The first kappa shape index (κ1) is 13.0. The van der Waals surface area contributed by atoms with E-state index in [1.807, 2.05) is 12.1 Å². The summed E-state index contributed by atoms with van der Waals surface area (Å²) in [6.07, 6.45) is 6.81. The number of hydrogen-bond donors (Lipinski definition) is 2. The summed E-state index contributed by atoms with van der Waals surface area (Å²) in [6.45, 7) is 1.16. The van der Waals surface area contributed by atoms with E-state index in [0.29, 0.717) is 6.04 Å². The van der Waals surface area contributed by atoms with E-state index in [4.69, 9.17) is 11.1 Å². The molecule has 1 aliphatic heterocycles. The van der Waals surface area contributed by atoms with Gasteiger partial charge in [0.15, 0.2) is 0 Å². The summed E-state index contributed by atoms with van der Waals surface area (Å²) < 4.78 is 1.06. The lowest BCUT2D eigenvalue weighted by Crippen LogP contribution is -2.34. The van der Waals surface area contributed by atoms with Crippen LogP contribution < -0.4 is 10.6 Å². The van der Waals surface area contributed by atoms with Gasteiger partial charge in [-0.05, 0) is 59.3 Å². The summed E-state index contributed by atoms with van der Waals surface area (Å²) in [5, 5.41) is 7.50. The number of nitrogens with one attached hydrogen (secondary N) is 1. The first-order valence-electron chi connectivity index (χ1n) is 7.07. The minimum atomic E-state index is 0.129. The number of halogens is 1. The van der Waals surface area contributed by atoms with Crippen molar-refractivity contribution in [2.24, 2.45) is 11.7 Å². The van der Waals surface area contributed by atoms with Crippen molar-refractivity contribution >= 4 is 27.5 Å². The highest BCUT2D eigenvalue weighted by Crippen LogP contribution is 2.41. The lowest BCUT2D eigenvalue weighted by atomic mass is 9.85. The van der Waals surface area contributed by atoms with Gasteiger partial charge in [-0.3, -0.25) is 5.41 Å². The molecule has 2 atom stereocenters. The van der Waals surface area contributed by atoms with Crippen molar-refractivity contribution in [3.05, 3.63) is 28.2 Å². The predicted molar refractivity (Wildman–Crippen MR) is 82.9 cm³/mol. The SMILES string of the molecule is N=C(N)c1ccc(N2CCC3CCCCC32)c(Br)c1. The van der Waals surface area contributed by atoms with Gasteiger partial charge in [-0.25, -0.2) is 0 Å². The largest absolute Gasteiger partial charge is 0.384 e. The van der Waals surface area contributed by atoms with Gasteiger partial charge in [0.1, 0.15) is 5.84 Å². The lowest BCUT2D eigenvalue weighted by Gasteiger charge is -2.33. The molecule has 0 spiro atoms. The minimum absolute atomic E-state index is 0.129. The van der Waals surface area contributed by atoms with Crippen LogP contribution in [-0.4, -0.2) is 18.4 Å². The normalized spacial score (nSPS) is 26.3. The second kappa shape index (κ2) is 5.16. The smallest absolute Gasteiger partial charge is 0.122 e. The van der Waals surface area contributed by atoms with Gasteiger partial charge in [0.05, 0.1) is 5.69 Å². The van der Waals surface area contributed by atoms with Crippen LogP contribution in [0.1, 0.15) is 37.7 Å². The molecule has 1 aromatic rings. The Morgan fingerprint density at radius 1 is 1.26 bits per heavy atom. The van der Waals surface area contributed by atoms with Crippen LogP contribution in [0.3, 0.4) is 0 Å². The van der Waals surface area contributed by atoms with Gasteiger partial charge in [0.25, 0.3) is 0 Å². The van der Waals surface area contributed by atoms with Gasteiger partial charge in [-0.1, -0.05) is 12.8 Å². The highest BCUT2D eigenvalue weighted by molar-refractivity contribution is 9.10. The summed E-state index contributed by atoms with van der Waals surface area (Å²) in [5.74, 6) is 1.01. The molecule has 19 heavy (non-hydrogen) atoms. The van der Waals surface area contributed by atoms with E-state index >= 15 is 0 Å². The highest BCUT2D eigenvalue weighted by atomic mass is 79.9. The fourth-order valence-corrected chi connectivity index (χ4v) is 4.22. The summed E-state index contributed by atoms with van der Waals surface area (Å²) in [4.78, 5) is 2.55. The molecule has 1 aromatic carbocycles. The van der Waals surface area contributed by atoms with E-state index in [9.17, 15) is 0 Å². The van der Waals surface area contributed by atoms with Crippen molar-refractivity contribution in [2.75, 3.05) is 11.4 Å². The zero-order valence-corrected chi connectivity index (χ0v) is 12.6. The Bertz CT molecular complexity index is 500. The van der Waals surface area contributed by atoms with Crippen LogP contribution in [0, 0.1) is 11.3 Å². The topological polar surface area (TPSA) is 53.1 Å². The summed E-state index contributed by atoms with van der Waals surface area (Å²) in [5.41, 5.74) is 7.59. The van der Waals surface area contributed by atoms with Crippen molar-refractivity contribution in [1.29, 1.82) is 5.41 Å². The third-order valence-electron chi connectivity index (χ3n) is 4.58. The van der Waals surface area contributed by atoms with Crippen LogP contribution >= 0.6 is 15.9 Å². The van der Waals surface area contributed by atoms with Gasteiger partial charge in [-0.15, -0.1) is 0 Å².